The molecule has 18 heavy (non-hydrogen) atoms. The summed E-state index contributed by atoms with van der Waals surface area (Å²) in [4.78, 5) is 15.9. The second kappa shape index (κ2) is 5.89. The van der Waals surface area contributed by atoms with Gasteiger partial charge in [-0.2, -0.15) is 0 Å². The molecular formula is C13H23N3O2. The molecule has 0 saturated heterocycles. The molecule has 5 heteroatoms. The highest BCUT2D eigenvalue weighted by molar-refractivity contribution is 5.92. The van der Waals surface area contributed by atoms with Crippen LogP contribution in [-0.2, 0) is 4.74 Å². The smallest absolute Gasteiger partial charge is 0.360 e. The Morgan fingerprint density at radius 2 is 2.06 bits per heavy atom. The number of nitrogens with two attached hydrogens (primary N) is 1. The van der Waals surface area contributed by atoms with Gasteiger partial charge in [0.25, 0.3) is 0 Å². The zero-order valence-corrected chi connectivity index (χ0v) is 11.9. The number of nitrogens with zero attached hydrogens (tertiary/aromatic N) is 2. The fourth-order valence-corrected chi connectivity index (χ4v) is 2.26. The zero-order chi connectivity index (χ0) is 13.9. The van der Waals surface area contributed by atoms with E-state index in [0.717, 1.165) is 12.2 Å². The van der Waals surface area contributed by atoms with Crippen molar-refractivity contribution in [3.05, 3.63) is 11.5 Å². The van der Waals surface area contributed by atoms with Crippen molar-refractivity contribution in [3.63, 3.8) is 0 Å². The molecule has 1 heterocycles. The van der Waals surface area contributed by atoms with Gasteiger partial charge >= 0.3 is 5.97 Å². The van der Waals surface area contributed by atoms with Crippen molar-refractivity contribution in [2.24, 2.45) is 5.92 Å². The lowest BCUT2D eigenvalue weighted by Gasteiger charge is -2.18. The van der Waals surface area contributed by atoms with Crippen LogP contribution < -0.4 is 5.73 Å². The second-order valence-corrected chi connectivity index (χ2v) is 4.96. The van der Waals surface area contributed by atoms with Crippen molar-refractivity contribution < 1.29 is 9.53 Å². The van der Waals surface area contributed by atoms with Gasteiger partial charge < -0.3 is 15.0 Å². The number of carbonyl (C=O) groups is 1. The van der Waals surface area contributed by atoms with Crippen molar-refractivity contribution in [2.75, 3.05) is 12.3 Å². The minimum Gasteiger partial charge on any atom is -0.461 e. The summed E-state index contributed by atoms with van der Waals surface area (Å²) in [6.07, 6.45) is 0.990. The van der Waals surface area contributed by atoms with Crippen LogP contribution in [0.5, 0.6) is 0 Å². The van der Waals surface area contributed by atoms with Gasteiger partial charge in [0.05, 0.1) is 6.61 Å². The molecule has 0 aliphatic heterocycles. The summed E-state index contributed by atoms with van der Waals surface area (Å²) in [7, 11) is 0. The Morgan fingerprint density at radius 3 is 2.56 bits per heavy atom. The molecule has 0 spiro atoms. The zero-order valence-electron chi connectivity index (χ0n) is 11.9. The Labute approximate surface area is 108 Å². The molecule has 0 amide bonds. The van der Waals surface area contributed by atoms with Gasteiger partial charge in [-0.1, -0.05) is 13.8 Å². The lowest BCUT2D eigenvalue weighted by atomic mass is 10.1. The molecule has 0 aliphatic rings. The Morgan fingerprint density at radius 1 is 1.44 bits per heavy atom. The third-order valence-electron chi connectivity index (χ3n) is 2.85. The second-order valence-electron chi connectivity index (χ2n) is 4.96. The predicted octanol–water partition coefficient (Wildman–Crippen LogP) is 2.56. The maximum absolute atomic E-state index is 11.7. The first-order valence-electron chi connectivity index (χ1n) is 6.39. The number of nitrogen functional groups attached to an aromatic ring is 1. The molecule has 1 unspecified atom stereocenters. The number of rotatable bonds is 5. The molecule has 1 atom stereocenters. The van der Waals surface area contributed by atoms with E-state index in [9.17, 15) is 4.79 Å². The Kier molecular flexibility index (Phi) is 4.76. The number of aromatic nitrogens is 2. The van der Waals surface area contributed by atoms with Crippen LogP contribution in [0.15, 0.2) is 0 Å². The molecule has 0 aromatic carbocycles. The van der Waals surface area contributed by atoms with Crippen molar-refractivity contribution in [1.29, 1.82) is 0 Å². The van der Waals surface area contributed by atoms with Gasteiger partial charge in [0.1, 0.15) is 11.6 Å². The number of carbonyl (C=O) groups excluding carboxylic acids is 1. The van der Waals surface area contributed by atoms with Crippen LogP contribution in [0.25, 0.3) is 0 Å². The highest BCUT2D eigenvalue weighted by Crippen LogP contribution is 2.25. The number of aryl methyl sites for hydroxylation is 1. The monoisotopic (exact) mass is 253 g/mol. The van der Waals surface area contributed by atoms with Crippen molar-refractivity contribution in [3.8, 4) is 0 Å². The average molecular weight is 253 g/mol. The van der Waals surface area contributed by atoms with E-state index in [1.165, 1.54) is 0 Å². The third kappa shape index (κ3) is 3.03. The van der Waals surface area contributed by atoms with Gasteiger partial charge in [-0.05, 0) is 33.1 Å². The van der Waals surface area contributed by atoms with Crippen molar-refractivity contribution in [2.45, 2.75) is 47.1 Å². The summed E-state index contributed by atoms with van der Waals surface area (Å²) in [6.45, 7) is 10.3. The highest BCUT2D eigenvalue weighted by Gasteiger charge is 2.22. The molecular weight excluding hydrogens is 230 g/mol. The molecule has 2 N–H and O–H groups in total. The molecule has 0 bridgehead atoms. The van der Waals surface area contributed by atoms with Crippen LogP contribution in [0.2, 0.25) is 0 Å². The molecule has 0 saturated carbocycles. The largest absolute Gasteiger partial charge is 0.461 e. The van der Waals surface area contributed by atoms with E-state index in [1.54, 1.807) is 6.92 Å². The number of hydrogen-bond acceptors (Lipinski definition) is 4. The van der Waals surface area contributed by atoms with Gasteiger partial charge in [0, 0.05) is 6.04 Å². The Bertz CT molecular complexity index is 424. The van der Waals surface area contributed by atoms with E-state index in [0.29, 0.717) is 18.3 Å². The van der Waals surface area contributed by atoms with Crippen molar-refractivity contribution >= 4 is 11.8 Å². The van der Waals surface area contributed by atoms with Gasteiger partial charge in [-0.15, -0.1) is 0 Å². The van der Waals surface area contributed by atoms with Crippen LogP contribution in [-0.4, -0.2) is 22.1 Å². The lowest BCUT2D eigenvalue weighted by Crippen LogP contribution is -2.14. The molecule has 1 aromatic rings. The van der Waals surface area contributed by atoms with E-state index in [2.05, 4.69) is 25.8 Å². The van der Waals surface area contributed by atoms with Crippen molar-refractivity contribution in [1.82, 2.24) is 9.55 Å². The fourth-order valence-electron chi connectivity index (χ4n) is 2.26. The lowest BCUT2D eigenvalue weighted by molar-refractivity contribution is 0.0521. The maximum atomic E-state index is 11.7. The molecule has 0 radical (unpaired) electrons. The van der Waals surface area contributed by atoms with E-state index < -0.39 is 5.97 Å². The minimum absolute atomic E-state index is 0.223. The summed E-state index contributed by atoms with van der Waals surface area (Å²) < 4.78 is 6.85. The van der Waals surface area contributed by atoms with E-state index in [1.807, 2.05) is 11.5 Å². The quantitative estimate of drug-likeness (QED) is 0.819. The standard InChI is InChI=1S/C13H23N3O2/c1-6-18-13(17)11-12(14)16(10(5)15-11)9(4)7-8(2)3/h8-9H,6-7,14H2,1-5H3. The van der Waals surface area contributed by atoms with Crippen LogP contribution in [0.4, 0.5) is 5.82 Å². The first-order chi connectivity index (χ1) is 8.38. The number of anilines is 1. The fraction of sp³-hybridized carbons (Fsp3) is 0.692. The van der Waals surface area contributed by atoms with Gasteiger partial charge in [0.15, 0.2) is 5.69 Å². The number of hydrogen-bond donors (Lipinski definition) is 1. The third-order valence-corrected chi connectivity index (χ3v) is 2.85. The van der Waals surface area contributed by atoms with Crippen LogP contribution >= 0.6 is 0 Å². The average Bonchev–Trinajstić information content (AvgIpc) is 2.53. The summed E-state index contributed by atoms with van der Waals surface area (Å²) in [5.41, 5.74) is 6.24. The summed E-state index contributed by atoms with van der Waals surface area (Å²) in [5, 5.41) is 0. The topological polar surface area (TPSA) is 70.1 Å². The Balaban J connectivity index is 3.04. The van der Waals surface area contributed by atoms with E-state index >= 15 is 0 Å². The highest BCUT2D eigenvalue weighted by atomic mass is 16.5. The normalized spacial score (nSPS) is 12.8. The molecule has 5 nitrogen and oxygen atoms in total. The van der Waals surface area contributed by atoms with Crippen LogP contribution in [0.3, 0.4) is 0 Å². The van der Waals surface area contributed by atoms with Crippen LogP contribution in [0.1, 0.15) is 56.5 Å². The number of esters is 1. The van der Waals surface area contributed by atoms with Gasteiger partial charge in [-0.3, -0.25) is 0 Å². The summed E-state index contributed by atoms with van der Waals surface area (Å²) in [6, 6.07) is 0.223. The SMILES string of the molecule is CCOC(=O)c1nc(C)n(C(C)CC(C)C)c1N. The summed E-state index contributed by atoms with van der Waals surface area (Å²) >= 11 is 0. The molecule has 0 aliphatic carbocycles. The summed E-state index contributed by atoms with van der Waals surface area (Å²) in [5.74, 6) is 1.27. The molecule has 1 aromatic heterocycles. The molecule has 102 valence electrons. The minimum atomic E-state index is -0.450. The van der Waals surface area contributed by atoms with Crippen LogP contribution in [0, 0.1) is 12.8 Å². The maximum Gasteiger partial charge on any atom is 0.360 e. The first kappa shape index (κ1) is 14.5. The van der Waals surface area contributed by atoms with E-state index in [-0.39, 0.29) is 11.7 Å². The number of ether oxygens (including phenoxy) is 1. The Hall–Kier alpha value is -1.52. The van der Waals surface area contributed by atoms with E-state index in [4.69, 9.17) is 10.5 Å². The van der Waals surface area contributed by atoms with Gasteiger partial charge in [-0.25, -0.2) is 9.78 Å². The first-order valence-corrected chi connectivity index (χ1v) is 6.39. The molecule has 0 fully saturated rings. The van der Waals surface area contributed by atoms with Gasteiger partial charge in [0.2, 0.25) is 0 Å². The number of imidazole rings is 1. The molecule has 1 rings (SSSR count). The predicted molar refractivity (Wildman–Crippen MR) is 71.5 cm³/mol.